The van der Waals surface area contributed by atoms with E-state index >= 15 is 0 Å². The van der Waals surface area contributed by atoms with E-state index in [9.17, 15) is 17.6 Å². The van der Waals surface area contributed by atoms with Crippen LogP contribution in [0.1, 0.15) is 21.5 Å². The first-order chi connectivity index (χ1) is 13.9. The average molecular weight is 410 g/mol. The van der Waals surface area contributed by atoms with Crippen molar-refractivity contribution in [3.63, 3.8) is 0 Å². The van der Waals surface area contributed by atoms with Crippen LogP contribution in [-0.2, 0) is 15.6 Å². The van der Waals surface area contributed by atoms with Crippen LogP contribution in [0, 0.1) is 5.82 Å². The number of ether oxygens (including phenoxy) is 1. The summed E-state index contributed by atoms with van der Waals surface area (Å²) < 4.78 is 42.9. The quantitative estimate of drug-likeness (QED) is 0.322. The van der Waals surface area contributed by atoms with Crippen LogP contribution >= 0.6 is 0 Å². The van der Waals surface area contributed by atoms with Gasteiger partial charge in [-0.1, -0.05) is 42.5 Å². The smallest absolute Gasteiger partial charge is 0.185 e. The van der Waals surface area contributed by atoms with E-state index in [4.69, 9.17) is 4.74 Å². The molecule has 0 spiro atoms. The molecule has 0 saturated heterocycles. The number of hydrogen-bond acceptors (Lipinski definition) is 4. The minimum Gasteiger partial charge on any atom is -0.497 e. The van der Waals surface area contributed by atoms with Crippen molar-refractivity contribution in [2.45, 2.75) is 10.6 Å². The second-order valence-corrected chi connectivity index (χ2v) is 8.37. The molecule has 0 saturated carbocycles. The topological polar surface area (TPSA) is 60.4 Å². The van der Waals surface area contributed by atoms with Gasteiger partial charge in [-0.3, -0.25) is 4.79 Å². The highest BCUT2D eigenvalue weighted by molar-refractivity contribution is 7.90. The lowest BCUT2D eigenvalue weighted by Gasteiger charge is -2.05. The van der Waals surface area contributed by atoms with Gasteiger partial charge in [0.05, 0.1) is 17.8 Å². The van der Waals surface area contributed by atoms with Crippen LogP contribution in [0.2, 0.25) is 0 Å². The molecule has 0 N–H and O–H groups in total. The summed E-state index contributed by atoms with van der Waals surface area (Å²) in [5, 5.41) is 0. The van der Waals surface area contributed by atoms with Crippen LogP contribution in [0.25, 0.3) is 6.08 Å². The molecule has 6 heteroatoms. The van der Waals surface area contributed by atoms with Crippen LogP contribution < -0.4 is 4.74 Å². The molecule has 3 rings (SSSR count). The molecule has 0 aliphatic carbocycles. The highest BCUT2D eigenvalue weighted by atomic mass is 32.2. The van der Waals surface area contributed by atoms with E-state index in [1.807, 2.05) is 12.1 Å². The Morgan fingerprint density at radius 2 is 1.55 bits per heavy atom. The second kappa shape index (κ2) is 8.84. The summed E-state index contributed by atoms with van der Waals surface area (Å²) in [6.07, 6.45) is 3.17. The third-order valence-corrected chi connectivity index (χ3v) is 6.01. The molecule has 0 aliphatic heterocycles. The summed E-state index contributed by atoms with van der Waals surface area (Å²) in [4.78, 5) is 12.4. The van der Waals surface area contributed by atoms with E-state index in [1.54, 1.807) is 49.6 Å². The summed E-state index contributed by atoms with van der Waals surface area (Å²) in [5.74, 6) is -0.169. The largest absolute Gasteiger partial charge is 0.497 e. The Morgan fingerprint density at radius 3 is 2.14 bits per heavy atom. The van der Waals surface area contributed by atoms with Crippen LogP contribution in [0.15, 0.2) is 83.8 Å². The Hall–Kier alpha value is -3.25. The number of benzene rings is 3. The highest BCUT2D eigenvalue weighted by Crippen LogP contribution is 2.18. The van der Waals surface area contributed by atoms with Gasteiger partial charge in [-0.2, -0.15) is 0 Å². The first-order valence-corrected chi connectivity index (χ1v) is 10.5. The minimum atomic E-state index is -3.59. The van der Waals surface area contributed by atoms with E-state index in [-0.39, 0.29) is 16.4 Å². The number of methoxy groups -OCH3 is 1. The van der Waals surface area contributed by atoms with Crippen molar-refractivity contribution >= 4 is 21.7 Å². The number of carbonyl (C=O) groups excluding carboxylic acids is 1. The first-order valence-electron chi connectivity index (χ1n) is 8.81. The van der Waals surface area contributed by atoms with Crippen LogP contribution in [-0.4, -0.2) is 21.3 Å². The van der Waals surface area contributed by atoms with Crippen molar-refractivity contribution in [1.82, 2.24) is 0 Å². The third kappa shape index (κ3) is 5.39. The Kier molecular flexibility index (Phi) is 6.24. The lowest BCUT2D eigenvalue weighted by atomic mass is 10.1. The molecule has 29 heavy (non-hydrogen) atoms. The van der Waals surface area contributed by atoms with E-state index in [1.165, 1.54) is 18.2 Å². The Labute approximate surface area is 169 Å². The normalized spacial score (nSPS) is 11.5. The number of allylic oxidation sites excluding steroid dienone is 1. The molecule has 0 amide bonds. The van der Waals surface area contributed by atoms with Gasteiger partial charge in [0, 0.05) is 5.56 Å². The highest BCUT2D eigenvalue weighted by Gasteiger charge is 2.15. The van der Waals surface area contributed by atoms with E-state index in [0.29, 0.717) is 11.1 Å². The molecule has 0 unspecified atom stereocenters. The molecular weight excluding hydrogens is 391 g/mol. The zero-order valence-corrected chi connectivity index (χ0v) is 16.5. The molecule has 0 aromatic heterocycles. The maximum atomic E-state index is 13.0. The molecule has 148 valence electrons. The third-order valence-electron chi connectivity index (χ3n) is 4.31. The van der Waals surface area contributed by atoms with E-state index in [0.717, 1.165) is 23.4 Å². The molecule has 0 aliphatic rings. The van der Waals surface area contributed by atoms with Crippen molar-refractivity contribution in [1.29, 1.82) is 0 Å². The molecule has 0 fully saturated rings. The fourth-order valence-corrected chi connectivity index (χ4v) is 4.04. The average Bonchev–Trinajstić information content (AvgIpc) is 2.73. The van der Waals surface area contributed by atoms with Gasteiger partial charge in [-0.25, -0.2) is 12.8 Å². The Morgan fingerprint density at radius 1 is 0.931 bits per heavy atom. The van der Waals surface area contributed by atoms with Crippen molar-refractivity contribution in [3.8, 4) is 5.75 Å². The van der Waals surface area contributed by atoms with Gasteiger partial charge in [-0.15, -0.1) is 0 Å². The van der Waals surface area contributed by atoms with Gasteiger partial charge in [0.15, 0.2) is 15.6 Å². The van der Waals surface area contributed by atoms with Crippen LogP contribution in [0.4, 0.5) is 4.39 Å². The number of hydrogen-bond donors (Lipinski definition) is 0. The first kappa shape index (κ1) is 20.5. The lowest BCUT2D eigenvalue weighted by molar-refractivity contribution is 0.104. The van der Waals surface area contributed by atoms with Crippen molar-refractivity contribution < 1.29 is 22.3 Å². The van der Waals surface area contributed by atoms with Gasteiger partial charge in [0.2, 0.25) is 0 Å². The van der Waals surface area contributed by atoms with Crippen LogP contribution in [0.3, 0.4) is 0 Å². The number of carbonyl (C=O) groups is 1. The van der Waals surface area contributed by atoms with E-state index < -0.39 is 15.7 Å². The fourth-order valence-electron chi connectivity index (χ4n) is 2.69. The maximum absolute atomic E-state index is 13.0. The monoisotopic (exact) mass is 410 g/mol. The van der Waals surface area contributed by atoms with E-state index in [2.05, 4.69) is 0 Å². The predicted octanol–water partition coefficient (Wildman–Crippen LogP) is 4.70. The second-order valence-electron chi connectivity index (χ2n) is 6.38. The van der Waals surface area contributed by atoms with Gasteiger partial charge >= 0.3 is 0 Å². The number of ketones is 1. The molecule has 0 radical (unpaired) electrons. The summed E-state index contributed by atoms with van der Waals surface area (Å²) in [7, 11) is -2.00. The Bertz CT molecular complexity index is 1120. The maximum Gasteiger partial charge on any atom is 0.185 e. The zero-order chi connectivity index (χ0) is 20.9. The van der Waals surface area contributed by atoms with Gasteiger partial charge in [0.25, 0.3) is 0 Å². The summed E-state index contributed by atoms with van der Waals surface area (Å²) >= 11 is 0. The minimum absolute atomic E-state index is 0.0569. The SMILES string of the molecule is COc1ccc(/C=C/C(=O)c2ccc(CS(=O)(=O)c3ccc(F)cc3)cc2)cc1. The number of halogens is 1. The molecule has 3 aromatic carbocycles. The molecule has 0 atom stereocenters. The fraction of sp³-hybridized carbons (Fsp3) is 0.0870. The zero-order valence-electron chi connectivity index (χ0n) is 15.7. The van der Waals surface area contributed by atoms with Gasteiger partial charge in [-0.05, 0) is 53.6 Å². The number of rotatable bonds is 7. The summed E-state index contributed by atoms with van der Waals surface area (Å²) in [6, 6.07) is 18.4. The molecule has 0 heterocycles. The predicted molar refractivity (Wildman–Crippen MR) is 110 cm³/mol. The molecule has 0 bridgehead atoms. The van der Waals surface area contributed by atoms with Gasteiger partial charge < -0.3 is 4.74 Å². The van der Waals surface area contributed by atoms with Crippen molar-refractivity contribution in [2.75, 3.05) is 7.11 Å². The summed E-state index contributed by atoms with van der Waals surface area (Å²) in [5.41, 5.74) is 1.86. The standard InChI is InChI=1S/C23H19FO4S/c1-28-21-11-4-17(5-12-21)6-15-23(25)19-7-2-18(3-8-19)16-29(26,27)22-13-9-20(24)10-14-22/h2-15H,16H2,1H3/b15-6+. The molecule has 3 aromatic rings. The van der Waals surface area contributed by atoms with Crippen molar-refractivity contribution in [3.05, 3.63) is 101 Å². The van der Waals surface area contributed by atoms with Crippen LogP contribution in [0.5, 0.6) is 5.75 Å². The summed E-state index contributed by atoms with van der Waals surface area (Å²) in [6.45, 7) is 0. The Balaban J connectivity index is 1.68. The van der Waals surface area contributed by atoms with Crippen molar-refractivity contribution in [2.24, 2.45) is 0 Å². The molecule has 4 nitrogen and oxygen atoms in total. The molecular formula is C23H19FO4S. The number of sulfone groups is 1. The van der Waals surface area contributed by atoms with Gasteiger partial charge in [0.1, 0.15) is 11.6 Å². The lowest BCUT2D eigenvalue weighted by Crippen LogP contribution is -2.05.